The van der Waals surface area contributed by atoms with Crippen LogP contribution < -0.4 is 4.72 Å². The fourth-order valence-electron chi connectivity index (χ4n) is 1.35. The molecule has 1 aromatic rings. The van der Waals surface area contributed by atoms with Crippen LogP contribution >= 0.6 is 0 Å². The van der Waals surface area contributed by atoms with E-state index in [-0.39, 0.29) is 11.5 Å². The summed E-state index contributed by atoms with van der Waals surface area (Å²) in [4.78, 5) is 0.216. The molecule has 17 heavy (non-hydrogen) atoms. The quantitative estimate of drug-likeness (QED) is 0.751. The Labute approximate surface area is 102 Å². The van der Waals surface area contributed by atoms with E-state index in [1.54, 1.807) is 24.3 Å². The lowest BCUT2D eigenvalue weighted by Gasteiger charge is -2.13. The van der Waals surface area contributed by atoms with E-state index in [2.05, 4.69) is 11.3 Å². The highest BCUT2D eigenvalue weighted by molar-refractivity contribution is 7.89. The van der Waals surface area contributed by atoms with Crippen molar-refractivity contribution in [2.45, 2.75) is 24.3 Å². The van der Waals surface area contributed by atoms with Gasteiger partial charge in [0.1, 0.15) is 0 Å². The molecule has 0 aliphatic rings. The van der Waals surface area contributed by atoms with E-state index >= 15 is 0 Å². The van der Waals surface area contributed by atoms with Crippen LogP contribution in [0.5, 0.6) is 0 Å². The molecule has 0 amide bonds. The number of rotatable bonds is 6. The lowest BCUT2D eigenvalue weighted by Crippen LogP contribution is -2.33. The smallest absolute Gasteiger partial charge is 0.241 e. The molecule has 0 spiro atoms. The Balaban J connectivity index is 2.88. The van der Waals surface area contributed by atoms with Crippen LogP contribution in [0.3, 0.4) is 0 Å². The van der Waals surface area contributed by atoms with Crippen LogP contribution in [-0.2, 0) is 10.0 Å². The topological polar surface area (TPSA) is 66.4 Å². The molecule has 4 nitrogen and oxygen atoms in total. The van der Waals surface area contributed by atoms with E-state index in [4.69, 9.17) is 5.11 Å². The first-order valence-corrected chi connectivity index (χ1v) is 6.80. The maximum Gasteiger partial charge on any atom is 0.241 e. The summed E-state index contributed by atoms with van der Waals surface area (Å²) in [5.41, 5.74) is 1.000. The van der Waals surface area contributed by atoms with Gasteiger partial charge in [-0.2, -0.15) is 0 Å². The average Bonchev–Trinajstić information content (AvgIpc) is 2.28. The van der Waals surface area contributed by atoms with Crippen LogP contribution in [0.4, 0.5) is 0 Å². The van der Waals surface area contributed by atoms with Crippen LogP contribution in [0.1, 0.15) is 12.0 Å². The van der Waals surface area contributed by atoms with Gasteiger partial charge in [0.05, 0.1) is 4.90 Å². The number of benzene rings is 1. The zero-order valence-electron chi connectivity index (χ0n) is 9.76. The van der Waals surface area contributed by atoms with Gasteiger partial charge in [-0.05, 0) is 25.5 Å². The number of hydrogen-bond acceptors (Lipinski definition) is 3. The molecule has 0 unspecified atom stereocenters. The van der Waals surface area contributed by atoms with Crippen molar-refractivity contribution in [1.82, 2.24) is 4.72 Å². The molecule has 0 radical (unpaired) electrons. The zero-order valence-corrected chi connectivity index (χ0v) is 10.6. The van der Waals surface area contributed by atoms with E-state index in [9.17, 15) is 8.42 Å². The fraction of sp³-hybridized carbons (Fsp3) is 0.333. The molecular weight excluding hydrogens is 238 g/mol. The lowest BCUT2D eigenvalue weighted by molar-refractivity contribution is 0.280. The number of sulfonamides is 1. The Bertz CT molecular complexity index is 465. The van der Waals surface area contributed by atoms with Crippen molar-refractivity contribution in [2.24, 2.45) is 0 Å². The normalized spacial score (nSPS) is 13.3. The Hall–Kier alpha value is -1.17. The SMILES string of the molecule is C=C[C@H](CCO)NS(=O)(=O)c1ccc(C)cc1. The summed E-state index contributed by atoms with van der Waals surface area (Å²) in [7, 11) is -3.54. The minimum absolute atomic E-state index is 0.0902. The van der Waals surface area contributed by atoms with Gasteiger partial charge in [-0.3, -0.25) is 0 Å². The van der Waals surface area contributed by atoms with Gasteiger partial charge in [-0.1, -0.05) is 23.8 Å². The third-order valence-corrected chi connectivity index (χ3v) is 3.87. The Morgan fingerprint density at radius 2 is 2.00 bits per heavy atom. The summed E-state index contributed by atoms with van der Waals surface area (Å²) in [6.45, 7) is 5.33. The predicted molar refractivity (Wildman–Crippen MR) is 67.2 cm³/mol. The predicted octanol–water partition coefficient (Wildman–Crippen LogP) is 1.21. The van der Waals surface area contributed by atoms with Crippen molar-refractivity contribution in [3.63, 3.8) is 0 Å². The third-order valence-electron chi connectivity index (χ3n) is 2.36. The Morgan fingerprint density at radius 1 is 1.41 bits per heavy atom. The maximum atomic E-state index is 11.9. The second-order valence-corrected chi connectivity index (χ2v) is 5.50. The molecule has 0 aliphatic carbocycles. The van der Waals surface area contributed by atoms with E-state index in [0.29, 0.717) is 6.42 Å². The first-order valence-electron chi connectivity index (χ1n) is 5.32. The van der Waals surface area contributed by atoms with Gasteiger partial charge in [-0.25, -0.2) is 13.1 Å². The fourth-order valence-corrected chi connectivity index (χ4v) is 2.59. The van der Waals surface area contributed by atoms with Gasteiger partial charge in [-0.15, -0.1) is 6.58 Å². The van der Waals surface area contributed by atoms with Crippen molar-refractivity contribution in [3.05, 3.63) is 42.5 Å². The molecule has 0 aliphatic heterocycles. The largest absolute Gasteiger partial charge is 0.396 e. The molecule has 94 valence electrons. The van der Waals surface area contributed by atoms with Crippen LogP contribution in [0.25, 0.3) is 0 Å². The summed E-state index contributed by atoms with van der Waals surface area (Å²) >= 11 is 0. The molecule has 1 aromatic carbocycles. The van der Waals surface area contributed by atoms with Gasteiger partial charge in [0.25, 0.3) is 0 Å². The third kappa shape index (κ3) is 3.96. The highest BCUT2D eigenvalue weighted by atomic mass is 32.2. The Kier molecular flexibility index (Phi) is 4.86. The molecule has 1 rings (SSSR count). The van der Waals surface area contributed by atoms with Crippen LogP contribution in [0.2, 0.25) is 0 Å². The molecule has 0 fully saturated rings. The van der Waals surface area contributed by atoms with Crippen molar-refractivity contribution < 1.29 is 13.5 Å². The first-order chi connectivity index (χ1) is 7.99. The molecule has 0 heterocycles. The number of aliphatic hydroxyl groups is 1. The summed E-state index contributed by atoms with van der Waals surface area (Å²) in [6.07, 6.45) is 1.79. The van der Waals surface area contributed by atoms with E-state index in [1.807, 2.05) is 6.92 Å². The van der Waals surface area contributed by atoms with E-state index < -0.39 is 16.1 Å². The summed E-state index contributed by atoms with van der Waals surface area (Å²) in [5, 5.41) is 8.79. The van der Waals surface area contributed by atoms with Crippen molar-refractivity contribution in [3.8, 4) is 0 Å². The van der Waals surface area contributed by atoms with Gasteiger partial charge in [0.15, 0.2) is 0 Å². The van der Waals surface area contributed by atoms with Crippen molar-refractivity contribution >= 4 is 10.0 Å². The van der Waals surface area contributed by atoms with Crippen LogP contribution in [-0.4, -0.2) is 26.2 Å². The molecule has 0 bridgehead atoms. The minimum Gasteiger partial charge on any atom is -0.396 e. The molecular formula is C12H17NO3S. The molecule has 5 heteroatoms. The number of aliphatic hydroxyl groups excluding tert-OH is 1. The average molecular weight is 255 g/mol. The summed E-state index contributed by atoms with van der Waals surface area (Å²) in [6, 6.07) is 6.13. The maximum absolute atomic E-state index is 11.9. The molecule has 1 atom stereocenters. The first kappa shape index (κ1) is 13.9. The second-order valence-electron chi connectivity index (χ2n) is 3.79. The van der Waals surface area contributed by atoms with Gasteiger partial charge in [0, 0.05) is 12.6 Å². The molecule has 0 saturated heterocycles. The molecule has 2 N–H and O–H groups in total. The van der Waals surface area contributed by atoms with Gasteiger partial charge in [0.2, 0.25) is 10.0 Å². The van der Waals surface area contributed by atoms with E-state index in [1.165, 1.54) is 6.08 Å². The summed E-state index contributed by atoms with van der Waals surface area (Å²) < 4.78 is 26.4. The van der Waals surface area contributed by atoms with Crippen LogP contribution in [0.15, 0.2) is 41.8 Å². The highest BCUT2D eigenvalue weighted by Crippen LogP contribution is 2.11. The number of nitrogens with one attached hydrogen (secondary N) is 1. The van der Waals surface area contributed by atoms with Gasteiger partial charge >= 0.3 is 0 Å². The summed E-state index contributed by atoms with van der Waals surface area (Å²) in [5.74, 6) is 0. The van der Waals surface area contributed by atoms with Crippen LogP contribution in [0, 0.1) is 6.92 Å². The van der Waals surface area contributed by atoms with Crippen molar-refractivity contribution in [1.29, 1.82) is 0 Å². The van der Waals surface area contributed by atoms with Gasteiger partial charge < -0.3 is 5.11 Å². The number of aryl methyl sites for hydroxylation is 1. The Morgan fingerprint density at radius 3 is 2.47 bits per heavy atom. The monoisotopic (exact) mass is 255 g/mol. The minimum atomic E-state index is -3.54. The highest BCUT2D eigenvalue weighted by Gasteiger charge is 2.17. The van der Waals surface area contributed by atoms with E-state index in [0.717, 1.165) is 5.56 Å². The van der Waals surface area contributed by atoms with Crippen molar-refractivity contribution in [2.75, 3.05) is 6.61 Å². The second kappa shape index (κ2) is 5.95. The molecule has 0 saturated carbocycles. The lowest BCUT2D eigenvalue weighted by atomic mass is 10.2. The molecule has 0 aromatic heterocycles. The standard InChI is InChI=1S/C12H17NO3S/c1-3-11(8-9-14)13-17(15,16)12-6-4-10(2)5-7-12/h3-7,11,13-14H,1,8-9H2,2H3/t11-/m1/s1. The number of hydrogen-bond donors (Lipinski definition) is 2. The zero-order chi connectivity index (χ0) is 12.9.